The molecular weight excluding hydrogens is 481 g/mol. The van der Waals surface area contributed by atoms with E-state index in [0.717, 1.165) is 36.9 Å². The van der Waals surface area contributed by atoms with E-state index in [4.69, 9.17) is 4.74 Å². The lowest BCUT2D eigenvalue weighted by atomic mass is 9.92. The number of carbonyl (C=O) groups is 2. The molecule has 0 radical (unpaired) electrons. The Morgan fingerprint density at radius 3 is 2.37 bits per heavy atom. The van der Waals surface area contributed by atoms with Gasteiger partial charge >= 0.3 is 0 Å². The molecule has 0 bridgehead atoms. The van der Waals surface area contributed by atoms with Gasteiger partial charge in [0.15, 0.2) is 0 Å². The van der Waals surface area contributed by atoms with Crippen LogP contribution in [0.15, 0.2) is 41.4 Å². The minimum absolute atomic E-state index is 0.119. The fraction of sp³-hybridized carbons (Fsp3) is 0.458. The van der Waals surface area contributed by atoms with Crippen LogP contribution in [0, 0.1) is 0 Å². The van der Waals surface area contributed by atoms with Crippen LogP contribution in [-0.2, 0) is 9.53 Å². The fourth-order valence-corrected chi connectivity index (χ4v) is 5.18. The number of ether oxygens (including phenoxy) is 1. The molecule has 35 heavy (non-hydrogen) atoms. The summed E-state index contributed by atoms with van der Waals surface area (Å²) in [7, 11) is 1.76. The summed E-state index contributed by atoms with van der Waals surface area (Å²) in [5.74, 6) is 0.640. The van der Waals surface area contributed by atoms with E-state index in [1.807, 2.05) is 12.3 Å². The molecule has 2 saturated heterocycles. The summed E-state index contributed by atoms with van der Waals surface area (Å²) < 4.78 is 44.1. The second-order valence-electron chi connectivity index (χ2n) is 8.74. The third-order valence-corrected chi connectivity index (χ3v) is 7.53. The van der Waals surface area contributed by atoms with E-state index in [9.17, 15) is 21.2 Å². The quantitative estimate of drug-likeness (QED) is 0.525. The standard InChI is InChI=1S/C24H29F3N4O3S/c1-28-23-22(14-19(15-29-23)17-8-12-34-13-9-17)31(16-32)20-6-10-30(11-7-20)24(33)18-2-4-21(5-3-18)35(25,26)27/h2-5,14-17,20H,6-13H2,1H3,(H,28,29). The summed E-state index contributed by atoms with van der Waals surface area (Å²) >= 11 is -5.31. The number of amides is 2. The Kier molecular flexibility index (Phi) is 7.85. The number of benzene rings is 1. The number of anilines is 2. The topological polar surface area (TPSA) is 74.8 Å². The number of likely N-dealkylation sites (tertiary alicyclic amines) is 1. The van der Waals surface area contributed by atoms with Gasteiger partial charge in [0.25, 0.3) is 5.91 Å². The largest absolute Gasteiger partial charge is 0.381 e. The number of hydrogen-bond donors (Lipinski definition) is 1. The molecule has 1 aromatic carbocycles. The lowest BCUT2D eigenvalue weighted by Gasteiger charge is -2.37. The maximum atomic E-state index is 12.9. The van der Waals surface area contributed by atoms with E-state index in [1.54, 1.807) is 16.8 Å². The van der Waals surface area contributed by atoms with Crippen molar-refractivity contribution in [3.05, 3.63) is 47.7 Å². The van der Waals surface area contributed by atoms with Crippen LogP contribution in [-0.4, -0.2) is 61.6 Å². The first-order chi connectivity index (χ1) is 16.8. The number of hydrogen-bond acceptors (Lipinski definition) is 5. The molecule has 1 aromatic heterocycles. The molecule has 3 heterocycles. The van der Waals surface area contributed by atoms with Crippen molar-refractivity contribution in [1.82, 2.24) is 9.88 Å². The van der Waals surface area contributed by atoms with Crippen molar-refractivity contribution in [3.8, 4) is 0 Å². The normalized spacial score (nSPS) is 18.2. The zero-order valence-electron chi connectivity index (χ0n) is 19.5. The van der Waals surface area contributed by atoms with Crippen molar-refractivity contribution in [3.63, 3.8) is 0 Å². The second-order valence-corrected chi connectivity index (χ2v) is 10.0. The zero-order chi connectivity index (χ0) is 25.0. The third kappa shape index (κ3) is 5.72. The summed E-state index contributed by atoms with van der Waals surface area (Å²) in [6, 6.07) is 6.28. The van der Waals surface area contributed by atoms with Gasteiger partial charge in [-0.2, -0.15) is 0 Å². The maximum Gasteiger partial charge on any atom is 0.253 e. The van der Waals surface area contributed by atoms with Gasteiger partial charge in [-0.3, -0.25) is 9.59 Å². The van der Waals surface area contributed by atoms with Crippen molar-refractivity contribution in [2.75, 3.05) is 43.6 Å². The van der Waals surface area contributed by atoms with E-state index < -0.39 is 16.1 Å². The summed E-state index contributed by atoms with van der Waals surface area (Å²) in [5.41, 5.74) is 2.02. The minimum atomic E-state index is -5.31. The van der Waals surface area contributed by atoms with Gasteiger partial charge in [0.2, 0.25) is 17.6 Å². The number of aromatic nitrogens is 1. The molecule has 2 aromatic rings. The number of carbonyl (C=O) groups excluding carboxylic acids is 2. The molecule has 2 fully saturated rings. The number of pyridine rings is 1. The Balaban J connectivity index is 1.45. The first-order valence-electron chi connectivity index (χ1n) is 11.6. The average molecular weight is 511 g/mol. The highest BCUT2D eigenvalue weighted by Gasteiger charge is 2.30. The Labute approximate surface area is 204 Å². The predicted molar refractivity (Wildman–Crippen MR) is 130 cm³/mol. The van der Waals surface area contributed by atoms with Crippen LogP contribution < -0.4 is 10.2 Å². The molecule has 2 aliphatic heterocycles. The van der Waals surface area contributed by atoms with Gasteiger partial charge in [0.1, 0.15) is 5.82 Å². The molecule has 190 valence electrons. The molecule has 7 nitrogen and oxygen atoms in total. The summed E-state index contributed by atoms with van der Waals surface area (Å²) in [6.07, 6.45) is 5.59. The van der Waals surface area contributed by atoms with Crippen LogP contribution in [0.25, 0.3) is 0 Å². The van der Waals surface area contributed by atoms with Crippen molar-refractivity contribution in [2.24, 2.45) is 0 Å². The highest BCUT2D eigenvalue weighted by atomic mass is 32.3. The Hall–Kier alpha value is -2.79. The van der Waals surface area contributed by atoms with Gasteiger partial charge in [-0.05, 0) is 67.5 Å². The van der Waals surface area contributed by atoms with Crippen LogP contribution in [0.4, 0.5) is 23.2 Å². The van der Waals surface area contributed by atoms with Crippen LogP contribution >= 0.6 is 11.2 Å². The van der Waals surface area contributed by atoms with Crippen molar-refractivity contribution in [1.29, 1.82) is 0 Å². The molecule has 2 amide bonds. The molecule has 0 saturated carbocycles. The van der Waals surface area contributed by atoms with Gasteiger partial charge in [-0.25, -0.2) is 4.98 Å². The third-order valence-electron chi connectivity index (χ3n) is 6.72. The van der Waals surface area contributed by atoms with Gasteiger partial charge in [-0.1, -0.05) is 0 Å². The molecule has 11 heteroatoms. The highest BCUT2D eigenvalue weighted by Crippen LogP contribution is 2.60. The van der Waals surface area contributed by atoms with Gasteiger partial charge in [0.05, 0.1) is 10.6 Å². The minimum Gasteiger partial charge on any atom is -0.381 e. The number of halogens is 3. The maximum absolute atomic E-state index is 12.9. The Morgan fingerprint density at radius 1 is 1.14 bits per heavy atom. The zero-order valence-corrected chi connectivity index (χ0v) is 20.3. The Bertz CT molecular complexity index is 1040. The molecule has 0 aliphatic carbocycles. The van der Waals surface area contributed by atoms with Crippen LogP contribution in [0.5, 0.6) is 0 Å². The molecule has 0 atom stereocenters. The van der Waals surface area contributed by atoms with Crippen LogP contribution in [0.2, 0.25) is 0 Å². The molecule has 4 rings (SSSR count). The number of piperidine rings is 1. The summed E-state index contributed by atoms with van der Waals surface area (Å²) in [5, 5.41) is 3.06. The van der Waals surface area contributed by atoms with E-state index in [-0.39, 0.29) is 17.5 Å². The lowest BCUT2D eigenvalue weighted by Crippen LogP contribution is -2.46. The average Bonchev–Trinajstić information content (AvgIpc) is 2.89. The Morgan fingerprint density at radius 2 is 1.80 bits per heavy atom. The monoisotopic (exact) mass is 510 g/mol. The number of nitrogens with zero attached hydrogens (tertiary/aromatic N) is 3. The predicted octanol–water partition coefficient (Wildman–Crippen LogP) is 5.10. The molecular formula is C24H29F3N4O3S. The molecule has 0 spiro atoms. The van der Waals surface area contributed by atoms with Gasteiger partial charge < -0.3 is 19.9 Å². The SMILES string of the molecule is CNc1ncc(C2CCOCC2)cc1N(C=O)C1CCN(C(=O)c2ccc(S(F)(F)F)cc2)CC1. The van der Waals surface area contributed by atoms with Gasteiger partial charge in [0, 0.05) is 51.2 Å². The van der Waals surface area contributed by atoms with E-state index in [0.29, 0.717) is 56.6 Å². The molecule has 2 aliphatic rings. The van der Waals surface area contributed by atoms with E-state index in [1.165, 1.54) is 12.1 Å². The second kappa shape index (κ2) is 10.9. The van der Waals surface area contributed by atoms with Crippen molar-refractivity contribution in [2.45, 2.75) is 42.5 Å². The van der Waals surface area contributed by atoms with E-state index in [2.05, 4.69) is 10.3 Å². The number of rotatable bonds is 7. The first-order valence-corrected chi connectivity index (χ1v) is 13.0. The first kappa shape index (κ1) is 25.3. The van der Waals surface area contributed by atoms with Crippen molar-refractivity contribution < 1.29 is 26.0 Å². The fourth-order valence-electron chi connectivity index (χ4n) is 4.73. The highest BCUT2D eigenvalue weighted by molar-refractivity contribution is 8.20. The number of nitrogens with one attached hydrogen (secondary N) is 1. The van der Waals surface area contributed by atoms with Crippen LogP contribution in [0.3, 0.4) is 0 Å². The van der Waals surface area contributed by atoms with E-state index >= 15 is 0 Å². The summed E-state index contributed by atoms with van der Waals surface area (Å²) in [6.45, 7) is 2.22. The van der Waals surface area contributed by atoms with Gasteiger partial charge in [-0.15, -0.1) is 11.7 Å². The molecule has 0 unspecified atom stereocenters. The van der Waals surface area contributed by atoms with Crippen molar-refractivity contribution >= 4 is 35.0 Å². The lowest BCUT2D eigenvalue weighted by molar-refractivity contribution is -0.108. The van der Waals surface area contributed by atoms with Crippen LogP contribution in [0.1, 0.15) is 47.5 Å². The summed E-state index contributed by atoms with van der Waals surface area (Å²) in [4.78, 5) is 32.2. The molecule has 1 N–H and O–H groups in total. The smallest absolute Gasteiger partial charge is 0.253 e.